The van der Waals surface area contributed by atoms with E-state index in [0.29, 0.717) is 17.9 Å². The van der Waals surface area contributed by atoms with Crippen molar-refractivity contribution in [2.45, 2.75) is 58.4 Å². The van der Waals surface area contributed by atoms with Gasteiger partial charge in [-0.3, -0.25) is 4.79 Å². The Hall–Kier alpha value is -1.85. The second kappa shape index (κ2) is 8.02. The molecule has 2 aliphatic rings. The number of hydrogen-bond donors (Lipinski definition) is 1. The van der Waals surface area contributed by atoms with Gasteiger partial charge in [0.1, 0.15) is 0 Å². The minimum atomic E-state index is 0.113. The van der Waals surface area contributed by atoms with Crippen molar-refractivity contribution in [3.05, 3.63) is 11.8 Å². The number of ether oxygens (including phenoxy) is 1. The first-order valence-corrected chi connectivity index (χ1v) is 9.50. The van der Waals surface area contributed by atoms with Crippen LogP contribution in [0, 0.1) is 18.8 Å². The van der Waals surface area contributed by atoms with Gasteiger partial charge in [-0.25, -0.2) is 4.98 Å². The van der Waals surface area contributed by atoms with Gasteiger partial charge in [0.25, 0.3) is 0 Å². The van der Waals surface area contributed by atoms with Crippen LogP contribution >= 0.6 is 0 Å². The molecule has 2 fully saturated rings. The predicted molar refractivity (Wildman–Crippen MR) is 97.8 cm³/mol. The van der Waals surface area contributed by atoms with Crippen LogP contribution in [0.1, 0.15) is 51.1 Å². The van der Waals surface area contributed by atoms with E-state index in [1.54, 1.807) is 7.11 Å². The van der Waals surface area contributed by atoms with Crippen LogP contribution in [0.15, 0.2) is 6.07 Å². The van der Waals surface area contributed by atoms with E-state index >= 15 is 0 Å². The first-order valence-electron chi connectivity index (χ1n) is 9.50. The van der Waals surface area contributed by atoms with Gasteiger partial charge >= 0.3 is 0 Å². The molecule has 1 N–H and O–H groups in total. The lowest BCUT2D eigenvalue weighted by atomic mass is 9.86. The number of amides is 1. The van der Waals surface area contributed by atoms with Crippen LogP contribution in [0.5, 0.6) is 5.88 Å². The lowest BCUT2D eigenvalue weighted by Crippen LogP contribution is -2.45. The van der Waals surface area contributed by atoms with Gasteiger partial charge in [-0.2, -0.15) is 4.98 Å². The maximum absolute atomic E-state index is 12.6. The molecule has 3 rings (SSSR count). The summed E-state index contributed by atoms with van der Waals surface area (Å²) in [6, 6.07) is 2.21. The molecular weight excluding hydrogens is 316 g/mol. The largest absolute Gasteiger partial charge is 0.481 e. The maximum atomic E-state index is 12.6. The Morgan fingerprint density at radius 2 is 1.84 bits per heavy atom. The molecule has 138 valence electrons. The van der Waals surface area contributed by atoms with Gasteiger partial charge in [0.15, 0.2) is 0 Å². The molecule has 0 unspecified atom stereocenters. The van der Waals surface area contributed by atoms with Crippen molar-refractivity contribution in [2.75, 3.05) is 25.1 Å². The number of nitrogens with one attached hydrogen (secondary N) is 1. The van der Waals surface area contributed by atoms with Crippen molar-refractivity contribution in [3.63, 3.8) is 0 Å². The highest BCUT2D eigenvalue weighted by atomic mass is 16.5. The summed E-state index contributed by atoms with van der Waals surface area (Å²) in [7, 11) is 1.62. The summed E-state index contributed by atoms with van der Waals surface area (Å²) in [5.74, 6) is 2.46. The van der Waals surface area contributed by atoms with E-state index in [1.807, 2.05) is 13.0 Å². The van der Waals surface area contributed by atoms with Crippen LogP contribution in [-0.2, 0) is 4.79 Å². The van der Waals surface area contributed by atoms with E-state index in [4.69, 9.17) is 4.74 Å². The number of hydrogen-bond acceptors (Lipinski definition) is 5. The number of aryl methyl sites for hydroxylation is 1. The summed E-state index contributed by atoms with van der Waals surface area (Å²) in [4.78, 5) is 23.7. The van der Waals surface area contributed by atoms with Crippen LogP contribution in [0.4, 0.5) is 5.95 Å². The zero-order chi connectivity index (χ0) is 17.8. The third-order valence-electron chi connectivity index (χ3n) is 5.54. The Morgan fingerprint density at radius 3 is 2.48 bits per heavy atom. The zero-order valence-electron chi connectivity index (χ0n) is 15.6. The lowest BCUT2D eigenvalue weighted by molar-refractivity contribution is -0.126. The Morgan fingerprint density at radius 1 is 1.16 bits per heavy atom. The van der Waals surface area contributed by atoms with E-state index in [1.165, 1.54) is 12.8 Å². The maximum Gasteiger partial charge on any atom is 0.228 e. The van der Waals surface area contributed by atoms with E-state index in [2.05, 4.69) is 27.1 Å². The van der Waals surface area contributed by atoms with Crippen LogP contribution in [0.2, 0.25) is 0 Å². The minimum Gasteiger partial charge on any atom is -0.481 e. The van der Waals surface area contributed by atoms with Crippen molar-refractivity contribution in [1.29, 1.82) is 0 Å². The molecule has 1 saturated carbocycles. The minimum absolute atomic E-state index is 0.113. The molecule has 2 heterocycles. The van der Waals surface area contributed by atoms with Gasteiger partial charge in [-0.05, 0) is 51.4 Å². The van der Waals surface area contributed by atoms with E-state index in [9.17, 15) is 4.79 Å². The number of carbonyl (C=O) groups excluding carboxylic acids is 1. The molecule has 1 aromatic rings. The highest BCUT2D eigenvalue weighted by molar-refractivity contribution is 5.79. The molecular formula is C19H30N4O2. The average Bonchev–Trinajstić information content (AvgIpc) is 2.63. The summed E-state index contributed by atoms with van der Waals surface area (Å²) in [5.41, 5.74) is 0.897. The molecule has 1 aromatic heterocycles. The Labute approximate surface area is 150 Å². The highest BCUT2D eigenvalue weighted by Crippen LogP contribution is 2.26. The molecule has 6 heteroatoms. The summed E-state index contributed by atoms with van der Waals surface area (Å²) in [6.45, 7) is 5.87. The van der Waals surface area contributed by atoms with Crippen molar-refractivity contribution in [3.8, 4) is 5.88 Å². The number of anilines is 1. The smallest absolute Gasteiger partial charge is 0.228 e. The van der Waals surface area contributed by atoms with Crippen LogP contribution in [0.25, 0.3) is 0 Å². The van der Waals surface area contributed by atoms with Crippen molar-refractivity contribution >= 4 is 11.9 Å². The van der Waals surface area contributed by atoms with Gasteiger partial charge in [-0.15, -0.1) is 0 Å². The molecule has 1 aliphatic carbocycles. The number of piperidine rings is 1. The summed E-state index contributed by atoms with van der Waals surface area (Å²) in [6.07, 6.45) is 6.43. The quantitative estimate of drug-likeness (QED) is 0.908. The normalized spacial score (nSPS) is 24.8. The number of rotatable bonds is 4. The number of methoxy groups -OCH3 is 1. The number of nitrogens with zero attached hydrogens (tertiary/aromatic N) is 3. The fourth-order valence-electron chi connectivity index (χ4n) is 3.84. The molecule has 0 radical (unpaired) electrons. The average molecular weight is 346 g/mol. The molecule has 1 saturated heterocycles. The predicted octanol–water partition coefficient (Wildman–Crippen LogP) is 2.70. The number of carbonyl (C=O) groups is 1. The summed E-state index contributed by atoms with van der Waals surface area (Å²) >= 11 is 0. The van der Waals surface area contributed by atoms with Gasteiger partial charge in [0, 0.05) is 36.8 Å². The standard InChI is InChI=1S/C19H30N4O2/c1-13-4-6-16(7-5-13)21-18(24)15-8-10-23(11-9-15)19-20-14(2)12-17(22-19)25-3/h12-13,15-16H,4-11H2,1-3H3,(H,21,24). The summed E-state index contributed by atoms with van der Waals surface area (Å²) in [5, 5.41) is 3.28. The van der Waals surface area contributed by atoms with Crippen molar-refractivity contribution < 1.29 is 9.53 Å². The zero-order valence-corrected chi connectivity index (χ0v) is 15.6. The van der Waals surface area contributed by atoms with Gasteiger partial charge in [0.2, 0.25) is 17.7 Å². The molecule has 0 spiro atoms. The monoisotopic (exact) mass is 346 g/mol. The number of aromatic nitrogens is 2. The second-order valence-corrected chi connectivity index (χ2v) is 7.58. The summed E-state index contributed by atoms with van der Waals surface area (Å²) < 4.78 is 5.24. The SMILES string of the molecule is COc1cc(C)nc(N2CCC(C(=O)NC3CCC(C)CC3)CC2)n1. The molecule has 6 nitrogen and oxygen atoms in total. The lowest BCUT2D eigenvalue weighted by Gasteiger charge is -2.33. The van der Waals surface area contributed by atoms with E-state index in [0.717, 1.165) is 50.4 Å². The fourth-order valence-corrected chi connectivity index (χ4v) is 3.84. The molecule has 0 aromatic carbocycles. The van der Waals surface area contributed by atoms with Crippen LogP contribution in [-0.4, -0.2) is 42.1 Å². The molecule has 25 heavy (non-hydrogen) atoms. The van der Waals surface area contributed by atoms with Gasteiger partial charge in [0.05, 0.1) is 7.11 Å². The van der Waals surface area contributed by atoms with Crippen LogP contribution < -0.4 is 15.0 Å². The van der Waals surface area contributed by atoms with Crippen molar-refractivity contribution in [2.24, 2.45) is 11.8 Å². The van der Waals surface area contributed by atoms with Gasteiger partial charge < -0.3 is 15.0 Å². The molecule has 0 atom stereocenters. The second-order valence-electron chi connectivity index (χ2n) is 7.58. The van der Waals surface area contributed by atoms with E-state index in [-0.39, 0.29) is 11.8 Å². The first kappa shape index (κ1) is 18.0. The van der Waals surface area contributed by atoms with Crippen molar-refractivity contribution in [1.82, 2.24) is 15.3 Å². The van der Waals surface area contributed by atoms with Crippen LogP contribution in [0.3, 0.4) is 0 Å². The van der Waals surface area contributed by atoms with Gasteiger partial charge in [-0.1, -0.05) is 6.92 Å². The Bertz CT molecular complexity index is 591. The Balaban J connectivity index is 1.51. The first-order chi connectivity index (χ1) is 12.0. The van der Waals surface area contributed by atoms with E-state index < -0.39 is 0 Å². The Kier molecular flexibility index (Phi) is 5.76. The fraction of sp³-hybridized carbons (Fsp3) is 0.737. The molecule has 1 aliphatic heterocycles. The highest BCUT2D eigenvalue weighted by Gasteiger charge is 2.28. The molecule has 1 amide bonds. The topological polar surface area (TPSA) is 67.3 Å². The molecule has 0 bridgehead atoms. The third-order valence-corrected chi connectivity index (χ3v) is 5.54. The third kappa shape index (κ3) is 4.61.